The average Bonchev–Trinajstić information content (AvgIpc) is 3.10. The number of aromatic nitrogens is 2. The van der Waals surface area contributed by atoms with Gasteiger partial charge in [-0.25, -0.2) is 9.55 Å². The lowest BCUT2D eigenvalue weighted by Gasteiger charge is -2.30. The first-order valence-electron chi connectivity index (χ1n) is 7.62. The maximum Gasteiger partial charge on any atom is 0.343 e. The minimum absolute atomic E-state index is 0.00828. The first-order valence-corrected chi connectivity index (χ1v) is 7.62. The Balaban J connectivity index is 1.95. The maximum atomic E-state index is 12.0. The number of hydrogen-bond donors (Lipinski definition) is 0. The highest BCUT2D eigenvalue weighted by molar-refractivity contribution is 5.83. The number of hydrogen-bond acceptors (Lipinski definition) is 6. The molecule has 3 rings (SSSR count). The van der Waals surface area contributed by atoms with E-state index in [2.05, 4.69) is 10.1 Å². The molecule has 2 aromatic rings. The third-order valence-electron chi connectivity index (χ3n) is 4.05. The van der Waals surface area contributed by atoms with Gasteiger partial charge in [0.05, 0.1) is 0 Å². The molecule has 130 valence electrons. The molecule has 1 aromatic heterocycles. The van der Waals surface area contributed by atoms with Crippen LogP contribution in [0.3, 0.4) is 0 Å². The van der Waals surface area contributed by atoms with E-state index in [0.717, 1.165) is 5.56 Å². The summed E-state index contributed by atoms with van der Waals surface area (Å²) in [5, 5.41) is 16.6. The van der Waals surface area contributed by atoms with Crippen LogP contribution in [0.25, 0.3) is 0 Å². The number of nitrogens with zero attached hydrogens (tertiary/aromatic N) is 5. The molecule has 0 saturated heterocycles. The lowest BCUT2D eigenvalue weighted by Crippen LogP contribution is -2.41. The van der Waals surface area contributed by atoms with Gasteiger partial charge in [0.15, 0.2) is 12.4 Å². The van der Waals surface area contributed by atoms with E-state index in [4.69, 9.17) is 4.74 Å². The third kappa shape index (κ3) is 2.84. The fourth-order valence-corrected chi connectivity index (χ4v) is 2.80. The Hall–Kier alpha value is -3.23. The zero-order valence-electron chi connectivity index (χ0n) is 14.0. The number of rotatable bonds is 4. The van der Waals surface area contributed by atoms with Crippen LogP contribution in [0.2, 0.25) is 0 Å². The molecule has 1 unspecified atom stereocenters. The molecule has 1 aromatic carbocycles. The lowest BCUT2D eigenvalue weighted by molar-refractivity contribution is -0.392. The first kappa shape index (κ1) is 16.6. The topological polar surface area (TPSA) is 103 Å². The summed E-state index contributed by atoms with van der Waals surface area (Å²) >= 11 is 0. The Kier molecular flexibility index (Phi) is 3.99. The second-order valence-electron chi connectivity index (χ2n) is 5.78. The number of aryl methyl sites for hydroxylation is 1. The van der Waals surface area contributed by atoms with Crippen molar-refractivity contribution in [2.45, 2.75) is 33.0 Å². The average molecular weight is 343 g/mol. The minimum Gasteiger partial charge on any atom is -0.444 e. The van der Waals surface area contributed by atoms with E-state index in [1.54, 1.807) is 13.8 Å². The van der Waals surface area contributed by atoms with Crippen molar-refractivity contribution in [2.75, 3.05) is 0 Å². The summed E-state index contributed by atoms with van der Waals surface area (Å²) in [5.41, 5.74) is -0.355. The summed E-state index contributed by atoms with van der Waals surface area (Å²) in [4.78, 5) is 26.6. The van der Waals surface area contributed by atoms with E-state index in [-0.39, 0.29) is 24.2 Å². The number of carbonyl (C=O) groups is 1. The summed E-state index contributed by atoms with van der Waals surface area (Å²) in [6.45, 7) is 4.79. The molecule has 0 saturated carbocycles. The van der Waals surface area contributed by atoms with Crippen LogP contribution in [-0.2, 0) is 21.8 Å². The largest absolute Gasteiger partial charge is 0.444 e. The molecule has 0 radical (unpaired) electrons. The van der Waals surface area contributed by atoms with Crippen LogP contribution >= 0.6 is 0 Å². The van der Waals surface area contributed by atoms with Crippen LogP contribution in [0.15, 0.2) is 41.6 Å². The summed E-state index contributed by atoms with van der Waals surface area (Å²) in [6, 6.07) is 9.20. The smallest absolute Gasteiger partial charge is 0.343 e. The van der Waals surface area contributed by atoms with Crippen molar-refractivity contribution < 1.29 is 14.5 Å². The predicted molar refractivity (Wildman–Crippen MR) is 88.5 cm³/mol. The van der Waals surface area contributed by atoms with Gasteiger partial charge < -0.3 is 14.9 Å². The molecule has 25 heavy (non-hydrogen) atoms. The van der Waals surface area contributed by atoms with Crippen molar-refractivity contribution in [1.82, 2.24) is 14.6 Å². The molecule has 9 nitrogen and oxygen atoms in total. The number of carbonyl (C=O) groups excluding carboxylic acids is 1. The second-order valence-corrected chi connectivity index (χ2v) is 5.78. The van der Waals surface area contributed by atoms with Crippen LogP contribution in [-0.4, -0.2) is 31.3 Å². The number of imidazole rings is 1. The summed E-state index contributed by atoms with van der Waals surface area (Å²) in [6.07, 6.45) is 1.18. The second kappa shape index (κ2) is 6.00. The molecular weight excluding hydrogens is 326 g/mol. The highest BCUT2D eigenvalue weighted by atomic mass is 16.6. The van der Waals surface area contributed by atoms with Crippen LogP contribution in [0.1, 0.15) is 25.2 Å². The van der Waals surface area contributed by atoms with E-state index in [1.807, 2.05) is 30.3 Å². The number of amides is 1. The maximum absolute atomic E-state index is 12.0. The molecule has 0 spiro atoms. The molecule has 0 fully saturated rings. The highest BCUT2D eigenvalue weighted by Crippen LogP contribution is 2.35. The molecule has 0 N–H and O–H groups in total. The fourth-order valence-electron chi connectivity index (χ4n) is 2.80. The van der Waals surface area contributed by atoms with Crippen molar-refractivity contribution in [1.29, 1.82) is 0 Å². The quantitative estimate of drug-likeness (QED) is 0.625. The number of benzene rings is 1. The van der Waals surface area contributed by atoms with E-state index in [1.165, 1.54) is 22.7 Å². The fraction of sp³-hybridized carbons (Fsp3) is 0.312. The van der Waals surface area contributed by atoms with Gasteiger partial charge in [0.1, 0.15) is 6.20 Å². The predicted octanol–water partition coefficient (Wildman–Crippen LogP) is 2.16. The van der Waals surface area contributed by atoms with Gasteiger partial charge in [0.25, 0.3) is 5.90 Å². The number of hydrazone groups is 1. The van der Waals surface area contributed by atoms with Crippen LogP contribution in [0, 0.1) is 17.0 Å². The molecule has 1 atom stereocenters. The monoisotopic (exact) mass is 343 g/mol. The number of ether oxygens (including phenoxy) is 1. The van der Waals surface area contributed by atoms with Gasteiger partial charge in [-0.15, -0.1) is 5.10 Å². The molecule has 1 amide bonds. The van der Waals surface area contributed by atoms with Crippen molar-refractivity contribution in [3.63, 3.8) is 0 Å². The summed E-state index contributed by atoms with van der Waals surface area (Å²) in [7, 11) is 0. The summed E-state index contributed by atoms with van der Waals surface area (Å²) < 4.78 is 7.34. The van der Waals surface area contributed by atoms with Gasteiger partial charge in [0, 0.05) is 26.3 Å². The van der Waals surface area contributed by atoms with E-state index >= 15 is 0 Å². The van der Waals surface area contributed by atoms with Crippen molar-refractivity contribution in [2.24, 2.45) is 5.10 Å². The molecule has 0 bridgehead atoms. The van der Waals surface area contributed by atoms with Crippen molar-refractivity contribution in [3.8, 4) is 0 Å². The van der Waals surface area contributed by atoms with Gasteiger partial charge in [-0.05, 0) is 4.92 Å². The highest BCUT2D eigenvalue weighted by Gasteiger charge is 2.45. The molecule has 1 aliphatic heterocycles. The first-order chi connectivity index (χ1) is 11.8. The van der Waals surface area contributed by atoms with Gasteiger partial charge in [0.2, 0.25) is 11.6 Å². The Labute approximate surface area is 143 Å². The van der Waals surface area contributed by atoms with Gasteiger partial charge >= 0.3 is 5.82 Å². The lowest BCUT2D eigenvalue weighted by atomic mass is 10.0. The van der Waals surface area contributed by atoms with E-state index in [0.29, 0.717) is 5.82 Å². The van der Waals surface area contributed by atoms with Gasteiger partial charge in [-0.2, -0.15) is 5.01 Å². The van der Waals surface area contributed by atoms with Crippen LogP contribution < -0.4 is 0 Å². The Morgan fingerprint density at radius 1 is 1.36 bits per heavy atom. The molecular formula is C16H17N5O4. The summed E-state index contributed by atoms with van der Waals surface area (Å²) in [5.74, 6) is 0.205. The normalized spacial score (nSPS) is 19.5. The Morgan fingerprint density at radius 2 is 2.04 bits per heavy atom. The molecule has 0 aliphatic carbocycles. The van der Waals surface area contributed by atoms with Gasteiger partial charge in [-0.3, -0.25) is 4.79 Å². The van der Waals surface area contributed by atoms with Crippen molar-refractivity contribution >= 4 is 17.6 Å². The third-order valence-corrected chi connectivity index (χ3v) is 4.05. The zero-order valence-corrected chi connectivity index (χ0v) is 14.0. The Morgan fingerprint density at radius 3 is 2.64 bits per heavy atom. The molecule has 9 heteroatoms. The molecule has 1 aliphatic rings. The minimum atomic E-state index is -1.11. The van der Waals surface area contributed by atoms with Gasteiger partial charge in [-0.1, -0.05) is 30.3 Å². The van der Waals surface area contributed by atoms with Crippen LogP contribution in [0.5, 0.6) is 0 Å². The van der Waals surface area contributed by atoms with E-state index < -0.39 is 10.6 Å². The van der Waals surface area contributed by atoms with Crippen molar-refractivity contribution in [3.05, 3.63) is 58.0 Å². The van der Waals surface area contributed by atoms with E-state index in [9.17, 15) is 14.9 Å². The standard InChI is InChI=1S/C16H17N5O4/c1-11-17-9-15(21(23)24)19(11)10-14-18-20(12(2)22)16(3,25-14)13-7-5-4-6-8-13/h4-9H,10H2,1-3H3. The van der Waals surface area contributed by atoms with Crippen LogP contribution in [0.4, 0.5) is 5.82 Å². The SMILES string of the molecule is CC(=O)N1N=C(Cn2c([N+](=O)[O-])cnc2C)OC1(C)c1ccccc1. The Bertz CT molecular complexity index is 861. The number of nitro groups is 1. The zero-order chi connectivity index (χ0) is 18.2. The molecule has 2 heterocycles.